The summed E-state index contributed by atoms with van der Waals surface area (Å²) >= 11 is 6.17. The fourth-order valence-electron chi connectivity index (χ4n) is 3.77. The van der Waals surface area contributed by atoms with Crippen molar-refractivity contribution in [1.82, 2.24) is 15.0 Å². The van der Waals surface area contributed by atoms with Crippen LogP contribution in [0, 0.1) is 5.82 Å². The molecule has 1 aliphatic rings. The molecule has 0 saturated carbocycles. The highest BCUT2D eigenvalue weighted by molar-refractivity contribution is 6.30. The van der Waals surface area contributed by atoms with Crippen LogP contribution in [0.25, 0.3) is 0 Å². The van der Waals surface area contributed by atoms with Gasteiger partial charge in [-0.15, -0.1) is 0 Å². The standard InChI is InChI=1S/C25H31ClFN7O/c1-18(2)35-15-5-10-28-23-30-24(29-21-8-4-7-20(27)17-21)32-25(31-23)34-13-11-33(12-14-34)22-9-3-6-19(26)16-22/h3-4,6-9,16-18H,5,10-15H2,1-2H3,(H2,28,29,30,31,32). The summed E-state index contributed by atoms with van der Waals surface area (Å²) in [5, 5.41) is 7.10. The molecule has 0 amide bonds. The third-order valence-electron chi connectivity index (χ3n) is 5.50. The summed E-state index contributed by atoms with van der Waals surface area (Å²) < 4.78 is 19.3. The second kappa shape index (κ2) is 12.0. The lowest BCUT2D eigenvalue weighted by atomic mass is 10.2. The van der Waals surface area contributed by atoms with Gasteiger partial charge in [0.25, 0.3) is 0 Å². The molecular weight excluding hydrogens is 469 g/mol. The lowest BCUT2D eigenvalue weighted by Gasteiger charge is -2.36. The highest BCUT2D eigenvalue weighted by Gasteiger charge is 2.21. The van der Waals surface area contributed by atoms with E-state index in [4.69, 9.17) is 16.3 Å². The fraction of sp³-hybridized carbons (Fsp3) is 0.400. The number of halogens is 2. The number of hydrogen-bond donors (Lipinski definition) is 2. The molecule has 0 bridgehead atoms. The highest BCUT2D eigenvalue weighted by Crippen LogP contribution is 2.23. The van der Waals surface area contributed by atoms with E-state index in [-0.39, 0.29) is 11.9 Å². The predicted molar refractivity (Wildman–Crippen MR) is 140 cm³/mol. The molecule has 2 heterocycles. The minimum absolute atomic E-state index is 0.200. The number of rotatable bonds is 10. The zero-order chi connectivity index (χ0) is 24.6. The quantitative estimate of drug-likeness (QED) is 0.379. The summed E-state index contributed by atoms with van der Waals surface area (Å²) in [6, 6.07) is 14.1. The topological polar surface area (TPSA) is 78.4 Å². The van der Waals surface area contributed by atoms with Crippen molar-refractivity contribution < 1.29 is 9.13 Å². The van der Waals surface area contributed by atoms with Crippen molar-refractivity contribution in [1.29, 1.82) is 0 Å². The van der Waals surface area contributed by atoms with Crippen LogP contribution in [0.3, 0.4) is 0 Å². The Labute approximate surface area is 210 Å². The lowest BCUT2D eigenvalue weighted by molar-refractivity contribution is 0.0787. The third-order valence-corrected chi connectivity index (χ3v) is 5.73. The SMILES string of the molecule is CC(C)OCCCNc1nc(Nc2cccc(F)c2)nc(N2CCN(c3cccc(Cl)c3)CC2)n1. The molecule has 2 N–H and O–H groups in total. The molecule has 0 unspecified atom stereocenters. The van der Waals surface area contributed by atoms with E-state index >= 15 is 0 Å². The molecule has 0 atom stereocenters. The minimum Gasteiger partial charge on any atom is -0.379 e. The molecule has 1 aliphatic heterocycles. The zero-order valence-electron chi connectivity index (χ0n) is 20.0. The third kappa shape index (κ3) is 7.40. The Morgan fingerprint density at radius 2 is 1.71 bits per heavy atom. The van der Waals surface area contributed by atoms with Crippen molar-refractivity contribution in [3.05, 3.63) is 59.4 Å². The van der Waals surface area contributed by atoms with E-state index in [1.54, 1.807) is 12.1 Å². The van der Waals surface area contributed by atoms with Gasteiger partial charge in [-0.3, -0.25) is 0 Å². The minimum atomic E-state index is -0.329. The van der Waals surface area contributed by atoms with Crippen molar-refractivity contribution >= 4 is 40.8 Å². The Hall–Kier alpha value is -3.17. The summed E-state index contributed by atoms with van der Waals surface area (Å²) in [6.45, 7) is 8.47. The van der Waals surface area contributed by atoms with Crippen LogP contribution >= 0.6 is 11.6 Å². The molecule has 0 radical (unpaired) electrons. The first-order valence-electron chi connectivity index (χ1n) is 11.9. The van der Waals surface area contributed by atoms with E-state index in [0.29, 0.717) is 36.7 Å². The maximum atomic E-state index is 13.7. The van der Waals surface area contributed by atoms with E-state index in [2.05, 4.69) is 41.5 Å². The van der Waals surface area contributed by atoms with E-state index in [1.807, 2.05) is 32.0 Å². The van der Waals surface area contributed by atoms with Gasteiger partial charge in [-0.2, -0.15) is 15.0 Å². The summed E-state index contributed by atoms with van der Waals surface area (Å²) in [7, 11) is 0. The first-order valence-corrected chi connectivity index (χ1v) is 12.2. The summed E-state index contributed by atoms with van der Waals surface area (Å²) in [6.07, 6.45) is 1.02. The van der Waals surface area contributed by atoms with E-state index in [0.717, 1.165) is 43.3 Å². The van der Waals surface area contributed by atoms with Crippen LogP contribution < -0.4 is 20.4 Å². The molecule has 0 aliphatic carbocycles. The lowest BCUT2D eigenvalue weighted by Crippen LogP contribution is -2.47. The van der Waals surface area contributed by atoms with Gasteiger partial charge in [-0.25, -0.2) is 4.39 Å². The number of piperazine rings is 1. The second-order valence-corrected chi connectivity index (χ2v) is 9.01. The molecule has 186 valence electrons. The van der Waals surface area contributed by atoms with Gasteiger partial charge < -0.3 is 25.2 Å². The van der Waals surface area contributed by atoms with Crippen LogP contribution in [0.15, 0.2) is 48.5 Å². The normalized spacial score (nSPS) is 13.9. The number of nitrogens with zero attached hydrogens (tertiary/aromatic N) is 5. The molecule has 2 aromatic carbocycles. The van der Waals surface area contributed by atoms with Gasteiger partial charge in [-0.1, -0.05) is 23.7 Å². The van der Waals surface area contributed by atoms with Crippen LogP contribution in [0.4, 0.5) is 33.6 Å². The average molecular weight is 500 g/mol. The van der Waals surface area contributed by atoms with Gasteiger partial charge in [0.1, 0.15) is 5.82 Å². The number of hydrogen-bond acceptors (Lipinski definition) is 8. The van der Waals surface area contributed by atoms with Gasteiger partial charge in [0.05, 0.1) is 6.10 Å². The Morgan fingerprint density at radius 3 is 2.46 bits per heavy atom. The molecule has 8 nitrogen and oxygen atoms in total. The Kier molecular flexibility index (Phi) is 8.54. The maximum Gasteiger partial charge on any atom is 0.233 e. The molecule has 35 heavy (non-hydrogen) atoms. The Bertz CT molecular complexity index is 1110. The van der Waals surface area contributed by atoms with Crippen molar-refractivity contribution in [2.24, 2.45) is 0 Å². The van der Waals surface area contributed by atoms with Crippen LogP contribution in [-0.2, 0) is 4.74 Å². The smallest absolute Gasteiger partial charge is 0.233 e. The van der Waals surface area contributed by atoms with Crippen LogP contribution in [0.5, 0.6) is 0 Å². The summed E-state index contributed by atoms with van der Waals surface area (Å²) in [4.78, 5) is 18.2. The van der Waals surface area contributed by atoms with E-state index in [1.165, 1.54) is 12.1 Å². The first-order chi connectivity index (χ1) is 17.0. The maximum absolute atomic E-state index is 13.7. The number of nitrogens with one attached hydrogen (secondary N) is 2. The second-order valence-electron chi connectivity index (χ2n) is 8.57. The number of ether oxygens (including phenoxy) is 1. The molecular formula is C25H31ClFN7O. The number of benzene rings is 2. The van der Waals surface area contributed by atoms with Crippen molar-refractivity contribution in [2.45, 2.75) is 26.4 Å². The predicted octanol–water partition coefficient (Wildman–Crippen LogP) is 4.96. The summed E-state index contributed by atoms with van der Waals surface area (Å²) in [5.74, 6) is 1.07. The molecule has 1 fully saturated rings. The number of aromatic nitrogens is 3. The average Bonchev–Trinajstić information content (AvgIpc) is 2.84. The van der Waals surface area contributed by atoms with Gasteiger partial charge in [-0.05, 0) is 56.7 Å². The molecule has 4 rings (SSSR count). The van der Waals surface area contributed by atoms with Gasteiger partial charge in [0, 0.05) is 55.7 Å². The Balaban J connectivity index is 1.46. The van der Waals surface area contributed by atoms with Crippen LogP contribution in [0.1, 0.15) is 20.3 Å². The van der Waals surface area contributed by atoms with Crippen molar-refractivity contribution in [3.63, 3.8) is 0 Å². The van der Waals surface area contributed by atoms with Gasteiger partial charge >= 0.3 is 0 Å². The van der Waals surface area contributed by atoms with E-state index in [9.17, 15) is 4.39 Å². The van der Waals surface area contributed by atoms with Crippen molar-refractivity contribution in [3.8, 4) is 0 Å². The largest absolute Gasteiger partial charge is 0.379 e. The molecule has 0 spiro atoms. The van der Waals surface area contributed by atoms with Crippen LogP contribution in [0.2, 0.25) is 5.02 Å². The van der Waals surface area contributed by atoms with E-state index < -0.39 is 0 Å². The van der Waals surface area contributed by atoms with Gasteiger partial charge in [0.2, 0.25) is 17.8 Å². The fourth-order valence-corrected chi connectivity index (χ4v) is 3.95. The monoisotopic (exact) mass is 499 g/mol. The molecule has 3 aromatic rings. The Morgan fingerprint density at radius 1 is 0.971 bits per heavy atom. The molecule has 1 saturated heterocycles. The molecule has 1 aromatic heterocycles. The number of anilines is 5. The van der Waals surface area contributed by atoms with Gasteiger partial charge in [0.15, 0.2) is 0 Å². The zero-order valence-corrected chi connectivity index (χ0v) is 20.8. The van der Waals surface area contributed by atoms with Crippen LogP contribution in [-0.4, -0.2) is 60.4 Å². The molecule has 10 heteroatoms. The highest BCUT2D eigenvalue weighted by atomic mass is 35.5. The summed E-state index contributed by atoms with van der Waals surface area (Å²) in [5.41, 5.74) is 1.68. The van der Waals surface area contributed by atoms with Crippen molar-refractivity contribution in [2.75, 3.05) is 59.8 Å². The first kappa shape index (κ1) is 24.9.